The Kier molecular flexibility index (Phi) is 4.56. The molecule has 19 heavy (non-hydrogen) atoms. The minimum Gasteiger partial charge on any atom is -0.462 e. The van der Waals surface area contributed by atoms with Gasteiger partial charge in [-0.25, -0.2) is 4.79 Å². The van der Waals surface area contributed by atoms with Gasteiger partial charge in [-0.05, 0) is 42.7 Å². The summed E-state index contributed by atoms with van der Waals surface area (Å²) >= 11 is 0. The van der Waals surface area contributed by atoms with E-state index in [2.05, 4.69) is 12.1 Å². The Morgan fingerprint density at radius 1 is 1.00 bits per heavy atom. The number of rotatable bonds is 5. The summed E-state index contributed by atoms with van der Waals surface area (Å²) in [6, 6.07) is 16.9. The fraction of sp³-hybridized carbons (Fsp3) is 0.188. The van der Waals surface area contributed by atoms with Gasteiger partial charge in [-0.3, -0.25) is 0 Å². The third kappa shape index (κ3) is 4.14. The Labute approximate surface area is 113 Å². The van der Waals surface area contributed by atoms with Crippen LogP contribution in [0.25, 0.3) is 0 Å². The van der Waals surface area contributed by atoms with E-state index in [1.165, 1.54) is 5.56 Å². The molecule has 2 N–H and O–H groups in total. The van der Waals surface area contributed by atoms with E-state index in [0.29, 0.717) is 17.9 Å². The van der Waals surface area contributed by atoms with E-state index in [0.717, 1.165) is 12.8 Å². The maximum absolute atomic E-state index is 11.7. The van der Waals surface area contributed by atoms with Crippen molar-refractivity contribution in [3.63, 3.8) is 0 Å². The van der Waals surface area contributed by atoms with Gasteiger partial charge in [0.1, 0.15) is 0 Å². The highest BCUT2D eigenvalue weighted by Gasteiger charge is 2.05. The van der Waals surface area contributed by atoms with Crippen LogP contribution in [0.3, 0.4) is 0 Å². The topological polar surface area (TPSA) is 52.3 Å². The van der Waals surface area contributed by atoms with E-state index in [4.69, 9.17) is 10.5 Å². The standard InChI is InChI=1S/C16H17NO2/c17-15-10-8-14(9-11-15)16(18)19-12-4-7-13-5-2-1-3-6-13/h1-3,5-6,8-11H,4,7,12,17H2. The number of aryl methyl sites for hydroxylation is 1. The molecule has 0 heterocycles. The van der Waals surface area contributed by atoms with Crippen LogP contribution in [0.5, 0.6) is 0 Å². The van der Waals surface area contributed by atoms with Crippen molar-refractivity contribution in [3.05, 3.63) is 65.7 Å². The van der Waals surface area contributed by atoms with Crippen LogP contribution in [0.15, 0.2) is 54.6 Å². The lowest BCUT2D eigenvalue weighted by atomic mass is 10.1. The zero-order valence-corrected chi connectivity index (χ0v) is 10.7. The van der Waals surface area contributed by atoms with Crippen molar-refractivity contribution in [2.45, 2.75) is 12.8 Å². The Bertz CT molecular complexity index is 520. The zero-order chi connectivity index (χ0) is 13.5. The third-order valence-corrected chi connectivity index (χ3v) is 2.83. The summed E-state index contributed by atoms with van der Waals surface area (Å²) in [6.07, 6.45) is 1.74. The van der Waals surface area contributed by atoms with Crippen molar-refractivity contribution in [2.75, 3.05) is 12.3 Å². The van der Waals surface area contributed by atoms with E-state index >= 15 is 0 Å². The molecule has 2 rings (SSSR count). The largest absolute Gasteiger partial charge is 0.462 e. The highest BCUT2D eigenvalue weighted by atomic mass is 16.5. The fourth-order valence-corrected chi connectivity index (χ4v) is 1.79. The smallest absolute Gasteiger partial charge is 0.338 e. The van der Waals surface area contributed by atoms with Gasteiger partial charge in [0.2, 0.25) is 0 Å². The zero-order valence-electron chi connectivity index (χ0n) is 10.7. The summed E-state index contributed by atoms with van der Waals surface area (Å²) in [5.41, 5.74) is 7.99. The van der Waals surface area contributed by atoms with Crippen molar-refractivity contribution in [1.82, 2.24) is 0 Å². The van der Waals surface area contributed by atoms with E-state index in [1.54, 1.807) is 24.3 Å². The van der Waals surface area contributed by atoms with Gasteiger partial charge in [0.05, 0.1) is 12.2 Å². The van der Waals surface area contributed by atoms with Crippen LogP contribution in [-0.4, -0.2) is 12.6 Å². The van der Waals surface area contributed by atoms with Crippen molar-refractivity contribution in [1.29, 1.82) is 0 Å². The molecule has 3 heteroatoms. The second-order valence-electron chi connectivity index (χ2n) is 4.35. The Morgan fingerprint density at radius 3 is 2.37 bits per heavy atom. The molecule has 0 unspecified atom stereocenters. The number of nitrogens with two attached hydrogens (primary N) is 1. The predicted octanol–water partition coefficient (Wildman–Crippen LogP) is 3.06. The third-order valence-electron chi connectivity index (χ3n) is 2.83. The van der Waals surface area contributed by atoms with E-state index in [1.807, 2.05) is 18.2 Å². The van der Waals surface area contributed by atoms with Crippen LogP contribution in [0.2, 0.25) is 0 Å². The highest BCUT2D eigenvalue weighted by molar-refractivity contribution is 5.89. The average Bonchev–Trinajstić information content (AvgIpc) is 2.45. The number of ether oxygens (including phenoxy) is 1. The number of nitrogen functional groups attached to an aromatic ring is 1. The van der Waals surface area contributed by atoms with Crippen molar-refractivity contribution >= 4 is 11.7 Å². The summed E-state index contributed by atoms with van der Waals surface area (Å²) in [7, 11) is 0. The lowest BCUT2D eigenvalue weighted by molar-refractivity contribution is 0.0500. The van der Waals surface area contributed by atoms with Gasteiger partial charge in [-0.2, -0.15) is 0 Å². The Morgan fingerprint density at radius 2 is 1.68 bits per heavy atom. The first-order chi connectivity index (χ1) is 9.25. The van der Waals surface area contributed by atoms with Gasteiger partial charge in [-0.15, -0.1) is 0 Å². The summed E-state index contributed by atoms with van der Waals surface area (Å²) < 4.78 is 5.21. The van der Waals surface area contributed by atoms with Crippen LogP contribution in [-0.2, 0) is 11.2 Å². The lowest BCUT2D eigenvalue weighted by Gasteiger charge is -2.05. The van der Waals surface area contributed by atoms with Gasteiger partial charge >= 0.3 is 5.97 Å². The molecular formula is C16H17NO2. The van der Waals surface area contributed by atoms with Gasteiger partial charge in [0, 0.05) is 5.69 Å². The van der Waals surface area contributed by atoms with Crippen LogP contribution in [0.1, 0.15) is 22.3 Å². The molecule has 0 fully saturated rings. The molecule has 0 aliphatic carbocycles. The molecule has 0 aromatic heterocycles. The number of carbonyl (C=O) groups is 1. The average molecular weight is 255 g/mol. The van der Waals surface area contributed by atoms with Crippen LogP contribution in [0.4, 0.5) is 5.69 Å². The highest BCUT2D eigenvalue weighted by Crippen LogP contribution is 2.08. The van der Waals surface area contributed by atoms with Gasteiger partial charge in [0.25, 0.3) is 0 Å². The maximum Gasteiger partial charge on any atom is 0.338 e. The van der Waals surface area contributed by atoms with E-state index < -0.39 is 0 Å². The molecule has 0 radical (unpaired) electrons. The molecule has 2 aromatic carbocycles. The Balaban J connectivity index is 1.74. The first-order valence-corrected chi connectivity index (χ1v) is 6.32. The molecular weight excluding hydrogens is 238 g/mol. The second kappa shape index (κ2) is 6.59. The molecule has 0 aliphatic rings. The van der Waals surface area contributed by atoms with Crippen molar-refractivity contribution in [2.24, 2.45) is 0 Å². The SMILES string of the molecule is Nc1ccc(C(=O)OCCCc2ccccc2)cc1. The number of esters is 1. The number of hydrogen-bond donors (Lipinski definition) is 1. The molecule has 0 aliphatic heterocycles. The monoisotopic (exact) mass is 255 g/mol. The molecule has 0 saturated heterocycles. The summed E-state index contributed by atoms with van der Waals surface area (Å²) in [5.74, 6) is -0.298. The van der Waals surface area contributed by atoms with Gasteiger partial charge < -0.3 is 10.5 Å². The quantitative estimate of drug-likeness (QED) is 0.507. The summed E-state index contributed by atoms with van der Waals surface area (Å²) in [6.45, 7) is 0.429. The van der Waals surface area contributed by atoms with Crippen LogP contribution in [0, 0.1) is 0 Å². The molecule has 98 valence electrons. The predicted molar refractivity (Wildman–Crippen MR) is 75.9 cm³/mol. The Hall–Kier alpha value is -2.29. The minimum atomic E-state index is -0.298. The maximum atomic E-state index is 11.7. The second-order valence-corrected chi connectivity index (χ2v) is 4.35. The number of carbonyl (C=O) groups excluding carboxylic acids is 1. The van der Waals surface area contributed by atoms with Crippen LogP contribution >= 0.6 is 0 Å². The molecule has 0 amide bonds. The number of hydrogen-bond acceptors (Lipinski definition) is 3. The molecule has 0 spiro atoms. The number of benzene rings is 2. The summed E-state index contributed by atoms with van der Waals surface area (Å²) in [5, 5.41) is 0. The fourth-order valence-electron chi connectivity index (χ4n) is 1.79. The minimum absolute atomic E-state index is 0.298. The normalized spacial score (nSPS) is 10.1. The molecule has 0 atom stereocenters. The molecule has 2 aromatic rings. The molecule has 0 saturated carbocycles. The molecule has 0 bridgehead atoms. The molecule has 3 nitrogen and oxygen atoms in total. The summed E-state index contributed by atoms with van der Waals surface area (Å²) in [4.78, 5) is 11.7. The van der Waals surface area contributed by atoms with E-state index in [9.17, 15) is 4.79 Å². The van der Waals surface area contributed by atoms with E-state index in [-0.39, 0.29) is 5.97 Å². The van der Waals surface area contributed by atoms with Gasteiger partial charge in [-0.1, -0.05) is 30.3 Å². The van der Waals surface area contributed by atoms with Crippen LogP contribution < -0.4 is 5.73 Å². The first kappa shape index (κ1) is 13.1. The first-order valence-electron chi connectivity index (χ1n) is 6.32. The van der Waals surface area contributed by atoms with Crippen molar-refractivity contribution in [3.8, 4) is 0 Å². The van der Waals surface area contributed by atoms with Crippen molar-refractivity contribution < 1.29 is 9.53 Å². The number of anilines is 1. The van der Waals surface area contributed by atoms with Gasteiger partial charge in [0.15, 0.2) is 0 Å². The lowest BCUT2D eigenvalue weighted by Crippen LogP contribution is -2.07.